The van der Waals surface area contributed by atoms with Gasteiger partial charge >= 0.3 is 0 Å². The van der Waals surface area contributed by atoms with Crippen molar-refractivity contribution in [3.8, 4) is 0 Å². The Hall–Kier alpha value is -2.09. The van der Waals surface area contributed by atoms with Crippen molar-refractivity contribution in [2.24, 2.45) is 5.73 Å². The Morgan fingerprint density at radius 1 is 1.06 bits per heavy atom. The molecule has 0 unspecified atom stereocenters. The van der Waals surface area contributed by atoms with Gasteiger partial charge in [0.05, 0.1) is 0 Å². The van der Waals surface area contributed by atoms with Crippen LogP contribution in [0.15, 0.2) is 48.5 Å². The average molecular weight is 224 g/mol. The highest BCUT2D eigenvalue weighted by atomic mass is 14.7. The summed E-state index contributed by atoms with van der Waals surface area (Å²) in [5, 5.41) is 7.34. The first kappa shape index (κ1) is 11.4. The number of hydrogen-bond donors (Lipinski definition) is 2. The van der Waals surface area contributed by atoms with Gasteiger partial charge in [-0.05, 0) is 30.0 Å². The lowest BCUT2D eigenvalue weighted by molar-refractivity contribution is 1.15. The normalized spacial score (nSPS) is 10.2. The second-order valence-corrected chi connectivity index (χ2v) is 4.21. The molecule has 0 fully saturated rings. The molecule has 0 saturated carbocycles. The van der Waals surface area contributed by atoms with Crippen molar-refractivity contribution in [2.45, 2.75) is 13.3 Å². The zero-order valence-electron chi connectivity index (χ0n) is 9.90. The molecular weight excluding hydrogens is 208 g/mol. The molecule has 0 spiro atoms. The maximum absolute atomic E-state index is 7.34. The Balaban J connectivity index is 2.20. The topological polar surface area (TPSA) is 49.9 Å². The van der Waals surface area contributed by atoms with Gasteiger partial charge in [-0.25, -0.2) is 0 Å². The van der Waals surface area contributed by atoms with Crippen molar-refractivity contribution in [1.82, 2.24) is 0 Å². The van der Waals surface area contributed by atoms with Crippen LogP contribution in [0.4, 0.5) is 0 Å². The summed E-state index contributed by atoms with van der Waals surface area (Å²) in [4.78, 5) is 0. The van der Waals surface area contributed by atoms with Crippen molar-refractivity contribution in [3.05, 3.63) is 70.8 Å². The van der Waals surface area contributed by atoms with Crippen LogP contribution in [0.5, 0.6) is 0 Å². The number of nitrogens with one attached hydrogen (secondary N) is 1. The molecule has 0 aliphatic rings. The maximum atomic E-state index is 7.34. The molecule has 2 nitrogen and oxygen atoms in total. The second-order valence-electron chi connectivity index (χ2n) is 4.21. The van der Waals surface area contributed by atoms with Gasteiger partial charge in [0.1, 0.15) is 5.84 Å². The standard InChI is InChI=1S/C15H16N2/c1-11-4-2-3-5-14(11)10-12-6-8-13(9-7-12)15(16)17/h2-9H,10H2,1H3,(H3,16,17). The van der Waals surface area contributed by atoms with E-state index in [0.29, 0.717) is 0 Å². The van der Waals surface area contributed by atoms with Gasteiger partial charge in [-0.2, -0.15) is 0 Å². The van der Waals surface area contributed by atoms with Crippen LogP contribution < -0.4 is 5.73 Å². The van der Waals surface area contributed by atoms with Gasteiger partial charge in [0.25, 0.3) is 0 Å². The summed E-state index contributed by atoms with van der Waals surface area (Å²) in [5.74, 6) is 0.118. The highest BCUT2D eigenvalue weighted by Crippen LogP contribution is 2.14. The van der Waals surface area contributed by atoms with Crippen molar-refractivity contribution in [2.75, 3.05) is 0 Å². The van der Waals surface area contributed by atoms with E-state index in [-0.39, 0.29) is 5.84 Å². The SMILES string of the molecule is Cc1ccccc1Cc1ccc(C(=N)N)cc1. The lowest BCUT2D eigenvalue weighted by Gasteiger charge is -2.06. The Morgan fingerprint density at radius 2 is 1.71 bits per heavy atom. The minimum Gasteiger partial charge on any atom is -0.384 e. The van der Waals surface area contributed by atoms with E-state index < -0.39 is 0 Å². The minimum atomic E-state index is 0.118. The number of aryl methyl sites for hydroxylation is 1. The molecule has 0 saturated heterocycles. The molecule has 0 radical (unpaired) electrons. The van der Waals surface area contributed by atoms with Gasteiger partial charge < -0.3 is 5.73 Å². The largest absolute Gasteiger partial charge is 0.384 e. The van der Waals surface area contributed by atoms with E-state index in [1.165, 1.54) is 16.7 Å². The van der Waals surface area contributed by atoms with Crippen LogP contribution in [0.3, 0.4) is 0 Å². The molecule has 0 aliphatic carbocycles. The average Bonchev–Trinajstić information content (AvgIpc) is 2.33. The molecule has 0 aromatic heterocycles. The fourth-order valence-electron chi connectivity index (χ4n) is 1.83. The van der Waals surface area contributed by atoms with Gasteiger partial charge in [-0.1, -0.05) is 48.5 Å². The van der Waals surface area contributed by atoms with Gasteiger partial charge in [-0.15, -0.1) is 0 Å². The molecule has 2 rings (SSSR count). The number of amidine groups is 1. The Labute approximate surface area is 102 Å². The summed E-state index contributed by atoms with van der Waals surface area (Å²) >= 11 is 0. The van der Waals surface area contributed by atoms with E-state index in [9.17, 15) is 0 Å². The monoisotopic (exact) mass is 224 g/mol. The molecule has 17 heavy (non-hydrogen) atoms. The van der Waals surface area contributed by atoms with Crippen LogP contribution in [0, 0.1) is 12.3 Å². The first-order valence-corrected chi connectivity index (χ1v) is 5.64. The number of rotatable bonds is 3. The zero-order valence-corrected chi connectivity index (χ0v) is 9.90. The van der Waals surface area contributed by atoms with Crippen LogP contribution >= 0.6 is 0 Å². The van der Waals surface area contributed by atoms with Gasteiger partial charge in [-0.3, -0.25) is 5.41 Å². The van der Waals surface area contributed by atoms with Crippen molar-refractivity contribution in [1.29, 1.82) is 5.41 Å². The molecule has 0 atom stereocenters. The molecule has 86 valence electrons. The summed E-state index contributed by atoms with van der Waals surface area (Å²) in [5.41, 5.74) is 10.1. The molecule has 2 aromatic rings. The van der Waals surface area contributed by atoms with Crippen LogP contribution in [0.2, 0.25) is 0 Å². The Kier molecular flexibility index (Phi) is 3.24. The van der Waals surface area contributed by atoms with Crippen molar-refractivity contribution in [3.63, 3.8) is 0 Å². The minimum absolute atomic E-state index is 0.118. The first-order chi connectivity index (χ1) is 8.16. The van der Waals surface area contributed by atoms with E-state index in [1.807, 2.05) is 24.3 Å². The molecule has 0 amide bonds. The molecule has 0 bridgehead atoms. The van der Waals surface area contributed by atoms with Gasteiger partial charge in [0.15, 0.2) is 0 Å². The number of nitrogen functional groups attached to an aromatic ring is 1. The lowest BCUT2D eigenvalue weighted by atomic mass is 10.00. The van der Waals surface area contributed by atoms with Crippen LogP contribution in [0.25, 0.3) is 0 Å². The van der Waals surface area contributed by atoms with Gasteiger partial charge in [0.2, 0.25) is 0 Å². The summed E-state index contributed by atoms with van der Waals surface area (Å²) < 4.78 is 0. The van der Waals surface area contributed by atoms with Crippen LogP contribution in [-0.2, 0) is 6.42 Å². The summed E-state index contributed by atoms with van der Waals surface area (Å²) in [7, 11) is 0. The number of benzene rings is 2. The molecule has 0 aliphatic heterocycles. The van der Waals surface area contributed by atoms with E-state index in [2.05, 4.69) is 31.2 Å². The van der Waals surface area contributed by atoms with E-state index in [0.717, 1.165) is 12.0 Å². The summed E-state index contributed by atoms with van der Waals surface area (Å²) in [6.07, 6.45) is 0.921. The van der Waals surface area contributed by atoms with Crippen LogP contribution in [-0.4, -0.2) is 5.84 Å². The molecule has 3 N–H and O–H groups in total. The van der Waals surface area contributed by atoms with E-state index in [1.54, 1.807) is 0 Å². The van der Waals surface area contributed by atoms with Crippen molar-refractivity contribution >= 4 is 5.84 Å². The summed E-state index contributed by atoms with van der Waals surface area (Å²) in [6.45, 7) is 2.12. The van der Waals surface area contributed by atoms with E-state index in [4.69, 9.17) is 11.1 Å². The van der Waals surface area contributed by atoms with Crippen molar-refractivity contribution < 1.29 is 0 Å². The Bertz CT molecular complexity index is 527. The molecule has 2 heteroatoms. The first-order valence-electron chi connectivity index (χ1n) is 5.64. The lowest BCUT2D eigenvalue weighted by Crippen LogP contribution is -2.10. The maximum Gasteiger partial charge on any atom is 0.122 e. The number of nitrogens with two attached hydrogens (primary N) is 1. The molecular formula is C15H16N2. The fraction of sp³-hybridized carbons (Fsp3) is 0.133. The predicted molar refractivity (Wildman–Crippen MR) is 71.4 cm³/mol. The Morgan fingerprint density at radius 3 is 2.29 bits per heavy atom. The van der Waals surface area contributed by atoms with Crippen LogP contribution in [0.1, 0.15) is 22.3 Å². The molecule has 2 aromatic carbocycles. The highest BCUT2D eigenvalue weighted by Gasteiger charge is 2.00. The third-order valence-corrected chi connectivity index (χ3v) is 2.92. The second kappa shape index (κ2) is 4.83. The van der Waals surface area contributed by atoms with E-state index >= 15 is 0 Å². The fourth-order valence-corrected chi connectivity index (χ4v) is 1.83. The highest BCUT2D eigenvalue weighted by molar-refractivity contribution is 5.94. The zero-order chi connectivity index (χ0) is 12.3. The quantitative estimate of drug-likeness (QED) is 0.611. The molecule has 0 heterocycles. The third-order valence-electron chi connectivity index (χ3n) is 2.92. The predicted octanol–water partition coefficient (Wildman–Crippen LogP) is 2.87. The van der Waals surface area contributed by atoms with Gasteiger partial charge in [0, 0.05) is 5.56 Å². The third kappa shape index (κ3) is 2.72. The smallest absolute Gasteiger partial charge is 0.122 e. The summed E-state index contributed by atoms with van der Waals surface area (Å²) in [6, 6.07) is 16.2. The number of hydrogen-bond acceptors (Lipinski definition) is 1.